The first-order chi connectivity index (χ1) is 9.53. The molecule has 0 radical (unpaired) electrons. The molecular formula is C18H28N2. The molecule has 0 bridgehead atoms. The molecule has 1 fully saturated rings. The fraction of sp³-hybridized carbons (Fsp3) is 0.667. The van der Waals surface area contributed by atoms with E-state index in [1.165, 1.54) is 55.5 Å². The van der Waals surface area contributed by atoms with Crippen molar-refractivity contribution in [1.29, 1.82) is 0 Å². The molecule has 0 amide bonds. The normalized spacial score (nSPS) is 24.8. The van der Waals surface area contributed by atoms with Gasteiger partial charge >= 0.3 is 0 Å². The van der Waals surface area contributed by atoms with Crippen molar-refractivity contribution >= 4 is 5.69 Å². The zero-order valence-electron chi connectivity index (χ0n) is 13.2. The van der Waals surface area contributed by atoms with E-state index < -0.39 is 0 Å². The second-order valence-corrected chi connectivity index (χ2v) is 7.47. The van der Waals surface area contributed by atoms with Crippen LogP contribution in [-0.2, 0) is 13.0 Å². The molecule has 0 saturated heterocycles. The van der Waals surface area contributed by atoms with Gasteiger partial charge in [-0.3, -0.25) is 0 Å². The van der Waals surface area contributed by atoms with Crippen LogP contribution >= 0.6 is 0 Å². The first-order valence-corrected chi connectivity index (χ1v) is 8.10. The van der Waals surface area contributed by atoms with E-state index in [1.54, 1.807) is 0 Å². The van der Waals surface area contributed by atoms with E-state index in [9.17, 15) is 0 Å². The summed E-state index contributed by atoms with van der Waals surface area (Å²) in [5.41, 5.74) is 4.92. The Kier molecular flexibility index (Phi) is 3.76. The second-order valence-electron chi connectivity index (χ2n) is 7.47. The highest BCUT2D eigenvalue weighted by molar-refractivity contribution is 5.58. The van der Waals surface area contributed by atoms with Gasteiger partial charge in [0.15, 0.2) is 0 Å². The van der Waals surface area contributed by atoms with Gasteiger partial charge in [-0.15, -0.1) is 0 Å². The Balaban J connectivity index is 1.59. The third-order valence-electron chi connectivity index (χ3n) is 5.07. The Hall–Kier alpha value is -1.02. The topological polar surface area (TPSA) is 15.3 Å². The molecule has 2 aliphatic rings. The monoisotopic (exact) mass is 272 g/mol. The lowest BCUT2D eigenvalue weighted by atomic mass is 9.75. The van der Waals surface area contributed by atoms with E-state index in [2.05, 4.69) is 49.3 Å². The summed E-state index contributed by atoms with van der Waals surface area (Å²) in [5.74, 6) is 0. The van der Waals surface area contributed by atoms with Gasteiger partial charge in [0.25, 0.3) is 0 Å². The molecular weight excluding hydrogens is 244 g/mol. The van der Waals surface area contributed by atoms with Gasteiger partial charge in [0.1, 0.15) is 0 Å². The standard InChI is InChI=1S/C18H28N2/c1-18(2)9-4-5-16(12-18)19-13-14-6-7-17-15(11-14)8-10-20(17)3/h6-7,11,16,19H,4-5,8-10,12-13H2,1-3H3. The van der Waals surface area contributed by atoms with Crippen molar-refractivity contribution in [1.82, 2.24) is 5.32 Å². The molecule has 2 heteroatoms. The zero-order valence-corrected chi connectivity index (χ0v) is 13.2. The largest absolute Gasteiger partial charge is 0.374 e. The van der Waals surface area contributed by atoms with E-state index >= 15 is 0 Å². The lowest BCUT2D eigenvalue weighted by Crippen LogP contribution is -2.36. The van der Waals surface area contributed by atoms with Crippen molar-refractivity contribution in [3.8, 4) is 0 Å². The van der Waals surface area contributed by atoms with E-state index in [1.807, 2.05) is 0 Å². The minimum absolute atomic E-state index is 0.524. The predicted octanol–water partition coefficient (Wildman–Crippen LogP) is 3.74. The summed E-state index contributed by atoms with van der Waals surface area (Å²) in [6, 6.07) is 7.70. The first-order valence-electron chi connectivity index (χ1n) is 8.10. The van der Waals surface area contributed by atoms with E-state index in [0.29, 0.717) is 11.5 Å². The molecule has 1 heterocycles. The van der Waals surface area contributed by atoms with Crippen molar-refractivity contribution in [3.63, 3.8) is 0 Å². The number of hydrogen-bond acceptors (Lipinski definition) is 2. The molecule has 1 aliphatic heterocycles. The molecule has 3 rings (SSSR count). The number of benzene rings is 1. The van der Waals surface area contributed by atoms with Crippen molar-refractivity contribution in [3.05, 3.63) is 29.3 Å². The van der Waals surface area contributed by atoms with Gasteiger partial charge in [-0.1, -0.05) is 32.4 Å². The molecule has 1 aliphatic carbocycles. The zero-order chi connectivity index (χ0) is 14.2. The molecule has 2 nitrogen and oxygen atoms in total. The van der Waals surface area contributed by atoms with Crippen LogP contribution in [-0.4, -0.2) is 19.6 Å². The summed E-state index contributed by atoms with van der Waals surface area (Å²) in [7, 11) is 2.19. The highest BCUT2D eigenvalue weighted by Crippen LogP contribution is 2.35. The summed E-state index contributed by atoms with van der Waals surface area (Å²) in [5, 5.41) is 3.78. The maximum absolute atomic E-state index is 3.78. The molecule has 0 spiro atoms. The minimum atomic E-state index is 0.524. The average molecular weight is 272 g/mol. The Morgan fingerprint density at radius 3 is 3.00 bits per heavy atom. The lowest BCUT2D eigenvalue weighted by Gasteiger charge is -2.35. The van der Waals surface area contributed by atoms with E-state index in [-0.39, 0.29) is 0 Å². The lowest BCUT2D eigenvalue weighted by molar-refractivity contribution is 0.198. The molecule has 0 aromatic heterocycles. The number of likely N-dealkylation sites (N-methyl/N-ethyl adjacent to an activating group) is 1. The van der Waals surface area contributed by atoms with Gasteiger partial charge in [0, 0.05) is 31.9 Å². The number of fused-ring (bicyclic) bond motifs is 1. The van der Waals surface area contributed by atoms with Crippen molar-refractivity contribution in [2.75, 3.05) is 18.5 Å². The summed E-state index contributed by atoms with van der Waals surface area (Å²) in [6.45, 7) is 7.01. The number of nitrogens with zero attached hydrogens (tertiary/aromatic N) is 1. The SMILES string of the molecule is CN1CCc2cc(CNC3CCCC(C)(C)C3)ccc21. The maximum atomic E-state index is 3.78. The summed E-state index contributed by atoms with van der Waals surface area (Å²) >= 11 is 0. The van der Waals surface area contributed by atoms with Gasteiger partial charge in [-0.2, -0.15) is 0 Å². The fourth-order valence-electron chi connectivity index (χ4n) is 3.86. The molecule has 1 aromatic carbocycles. The van der Waals surface area contributed by atoms with Crippen LogP contribution in [0.1, 0.15) is 50.7 Å². The highest BCUT2D eigenvalue weighted by atomic mass is 15.1. The quantitative estimate of drug-likeness (QED) is 0.902. The van der Waals surface area contributed by atoms with Gasteiger partial charge in [-0.25, -0.2) is 0 Å². The van der Waals surface area contributed by atoms with Crippen LogP contribution in [0.3, 0.4) is 0 Å². The molecule has 1 atom stereocenters. The minimum Gasteiger partial charge on any atom is -0.374 e. The van der Waals surface area contributed by atoms with Crippen LogP contribution in [0, 0.1) is 5.41 Å². The second kappa shape index (κ2) is 5.40. The Bertz CT molecular complexity index is 478. The first kappa shape index (κ1) is 13.9. The predicted molar refractivity (Wildman–Crippen MR) is 86.3 cm³/mol. The van der Waals surface area contributed by atoms with Gasteiger partial charge in [-0.05, 0) is 48.3 Å². The number of hydrogen-bond donors (Lipinski definition) is 1. The van der Waals surface area contributed by atoms with Crippen LogP contribution in [0.4, 0.5) is 5.69 Å². The molecule has 1 aromatic rings. The van der Waals surface area contributed by atoms with E-state index in [4.69, 9.17) is 0 Å². The Morgan fingerprint density at radius 1 is 1.35 bits per heavy atom. The third kappa shape index (κ3) is 3.01. The van der Waals surface area contributed by atoms with Gasteiger partial charge in [0.2, 0.25) is 0 Å². The van der Waals surface area contributed by atoms with Crippen molar-refractivity contribution < 1.29 is 0 Å². The maximum Gasteiger partial charge on any atom is 0.0397 e. The van der Waals surface area contributed by atoms with Crippen LogP contribution in [0.5, 0.6) is 0 Å². The van der Waals surface area contributed by atoms with Crippen LogP contribution in [0.2, 0.25) is 0 Å². The Labute approximate surface area is 123 Å². The van der Waals surface area contributed by atoms with Crippen molar-refractivity contribution in [2.24, 2.45) is 5.41 Å². The number of nitrogens with one attached hydrogen (secondary N) is 1. The molecule has 110 valence electrons. The average Bonchev–Trinajstić information content (AvgIpc) is 2.77. The summed E-state index contributed by atoms with van der Waals surface area (Å²) < 4.78 is 0. The smallest absolute Gasteiger partial charge is 0.0397 e. The Morgan fingerprint density at radius 2 is 2.20 bits per heavy atom. The van der Waals surface area contributed by atoms with Crippen LogP contribution in [0.15, 0.2) is 18.2 Å². The summed E-state index contributed by atoms with van der Waals surface area (Å²) in [4.78, 5) is 2.36. The van der Waals surface area contributed by atoms with Crippen LogP contribution < -0.4 is 10.2 Å². The molecule has 1 N–H and O–H groups in total. The fourth-order valence-corrected chi connectivity index (χ4v) is 3.86. The van der Waals surface area contributed by atoms with Gasteiger partial charge in [0.05, 0.1) is 0 Å². The molecule has 20 heavy (non-hydrogen) atoms. The van der Waals surface area contributed by atoms with E-state index in [0.717, 1.165) is 6.54 Å². The van der Waals surface area contributed by atoms with Gasteiger partial charge < -0.3 is 10.2 Å². The number of anilines is 1. The number of rotatable bonds is 3. The van der Waals surface area contributed by atoms with Crippen LogP contribution in [0.25, 0.3) is 0 Å². The highest BCUT2D eigenvalue weighted by Gasteiger charge is 2.27. The third-order valence-corrected chi connectivity index (χ3v) is 5.07. The molecule has 1 saturated carbocycles. The van der Waals surface area contributed by atoms with Crippen molar-refractivity contribution in [2.45, 2.75) is 58.5 Å². The summed E-state index contributed by atoms with van der Waals surface area (Å²) in [6.07, 6.45) is 6.63. The molecule has 1 unspecified atom stereocenters.